The molecule has 19 heavy (non-hydrogen) atoms. The molecule has 0 saturated carbocycles. The summed E-state index contributed by atoms with van der Waals surface area (Å²) >= 11 is 0. The quantitative estimate of drug-likeness (QED) is 0.809. The number of rotatable bonds is 4. The third-order valence-electron chi connectivity index (χ3n) is 2.49. The molecule has 6 heteroatoms. The number of hydrogen-bond donors (Lipinski definition) is 2. The van der Waals surface area contributed by atoms with Crippen LogP contribution in [0.25, 0.3) is 10.9 Å². The van der Waals surface area contributed by atoms with E-state index in [1.165, 1.54) is 0 Å². The van der Waals surface area contributed by atoms with Crippen LogP contribution in [0.4, 0.5) is 10.6 Å². The summed E-state index contributed by atoms with van der Waals surface area (Å²) in [6.45, 7) is 0.519. The Morgan fingerprint density at radius 2 is 2.26 bits per heavy atom. The van der Waals surface area contributed by atoms with Gasteiger partial charge in [0.05, 0.1) is 23.7 Å². The van der Waals surface area contributed by atoms with E-state index in [2.05, 4.69) is 21.1 Å². The first-order valence-electron chi connectivity index (χ1n) is 5.66. The second-order valence-electron chi connectivity index (χ2n) is 3.78. The Morgan fingerprint density at radius 3 is 3.00 bits per heavy atom. The summed E-state index contributed by atoms with van der Waals surface area (Å²) in [5.41, 5.74) is 6.13. The summed E-state index contributed by atoms with van der Waals surface area (Å²) in [5, 5.41) is 12.9. The van der Waals surface area contributed by atoms with E-state index in [9.17, 15) is 4.79 Å². The van der Waals surface area contributed by atoms with Gasteiger partial charge in [0.15, 0.2) is 0 Å². The van der Waals surface area contributed by atoms with E-state index in [4.69, 9.17) is 11.0 Å². The van der Waals surface area contributed by atoms with Gasteiger partial charge in [-0.1, -0.05) is 18.2 Å². The monoisotopic (exact) mass is 256 g/mol. The van der Waals surface area contributed by atoms with Crippen molar-refractivity contribution in [2.45, 2.75) is 0 Å². The maximum Gasteiger partial charge on any atom is 0.404 e. The largest absolute Gasteiger partial charge is 0.448 e. The van der Waals surface area contributed by atoms with Crippen LogP contribution in [0.2, 0.25) is 0 Å². The number of primary amides is 1. The molecule has 1 heterocycles. The molecule has 0 atom stereocenters. The molecule has 0 spiro atoms. The van der Waals surface area contributed by atoms with Crippen LogP contribution in [0.3, 0.4) is 0 Å². The first-order valence-corrected chi connectivity index (χ1v) is 5.66. The molecule has 2 aromatic rings. The predicted octanol–water partition coefficient (Wildman–Crippen LogP) is 1.61. The number of ether oxygens (including phenoxy) is 1. The van der Waals surface area contributed by atoms with E-state index in [-0.39, 0.29) is 6.61 Å². The van der Waals surface area contributed by atoms with Gasteiger partial charge in [0, 0.05) is 5.39 Å². The van der Waals surface area contributed by atoms with E-state index in [1.807, 2.05) is 24.3 Å². The predicted molar refractivity (Wildman–Crippen MR) is 70.5 cm³/mol. The van der Waals surface area contributed by atoms with E-state index in [0.29, 0.717) is 17.9 Å². The van der Waals surface area contributed by atoms with Crippen LogP contribution < -0.4 is 11.1 Å². The molecule has 2 rings (SSSR count). The van der Waals surface area contributed by atoms with Crippen LogP contribution >= 0.6 is 0 Å². The molecule has 0 aliphatic heterocycles. The highest BCUT2D eigenvalue weighted by molar-refractivity contribution is 5.86. The number of aromatic nitrogens is 1. The summed E-state index contributed by atoms with van der Waals surface area (Å²) in [6, 6.07) is 11.2. The molecule has 0 saturated heterocycles. The summed E-state index contributed by atoms with van der Waals surface area (Å²) < 4.78 is 4.59. The van der Waals surface area contributed by atoms with Gasteiger partial charge in [-0.2, -0.15) is 5.26 Å². The molecular weight excluding hydrogens is 244 g/mol. The van der Waals surface area contributed by atoms with Crippen LogP contribution in [-0.4, -0.2) is 24.2 Å². The number of nitrogens with two attached hydrogens (primary N) is 1. The van der Waals surface area contributed by atoms with Gasteiger partial charge in [-0.05, 0) is 12.1 Å². The van der Waals surface area contributed by atoms with Crippen molar-refractivity contribution in [1.82, 2.24) is 4.98 Å². The number of carbonyl (C=O) groups excluding carboxylic acids is 1. The topological polar surface area (TPSA) is 101 Å². The summed E-state index contributed by atoms with van der Waals surface area (Å²) in [4.78, 5) is 14.8. The fourth-order valence-electron chi connectivity index (χ4n) is 1.69. The highest BCUT2D eigenvalue weighted by atomic mass is 16.5. The van der Waals surface area contributed by atoms with Crippen molar-refractivity contribution < 1.29 is 9.53 Å². The molecule has 0 bridgehead atoms. The van der Waals surface area contributed by atoms with Crippen molar-refractivity contribution in [2.24, 2.45) is 5.73 Å². The number of carbonyl (C=O) groups is 1. The van der Waals surface area contributed by atoms with Crippen molar-refractivity contribution in [3.63, 3.8) is 0 Å². The number of nitriles is 1. The molecule has 3 N–H and O–H groups in total. The van der Waals surface area contributed by atoms with Crippen molar-refractivity contribution in [2.75, 3.05) is 18.5 Å². The first kappa shape index (κ1) is 12.6. The maximum absolute atomic E-state index is 10.4. The Labute approximate surface area is 109 Å². The van der Waals surface area contributed by atoms with Gasteiger partial charge < -0.3 is 15.8 Å². The average Bonchev–Trinajstić information content (AvgIpc) is 2.42. The van der Waals surface area contributed by atoms with Crippen molar-refractivity contribution >= 4 is 22.8 Å². The summed E-state index contributed by atoms with van der Waals surface area (Å²) in [7, 11) is 0. The molecule has 0 aliphatic carbocycles. The van der Waals surface area contributed by atoms with E-state index in [1.54, 1.807) is 6.07 Å². The van der Waals surface area contributed by atoms with Gasteiger partial charge in [0.1, 0.15) is 12.4 Å². The lowest BCUT2D eigenvalue weighted by molar-refractivity contribution is 0.161. The smallest absolute Gasteiger partial charge is 0.404 e. The number of fused-ring (bicyclic) bond motifs is 1. The Balaban J connectivity index is 2.16. The van der Waals surface area contributed by atoms with Gasteiger partial charge in [-0.3, -0.25) is 0 Å². The molecule has 6 nitrogen and oxygen atoms in total. The first-order chi connectivity index (χ1) is 9.20. The van der Waals surface area contributed by atoms with Gasteiger partial charge in [0.25, 0.3) is 0 Å². The highest BCUT2D eigenvalue weighted by Crippen LogP contribution is 2.19. The second-order valence-corrected chi connectivity index (χ2v) is 3.78. The number of hydrogen-bond acceptors (Lipinski definition) is 5. The average molecular weight is 256 g/mol. The van der Waals surface area contributed by atoms with Crippen molar-refractivity contribution in [3.05, 3.63) is 35.9 Å². The highest BCUT2D eigenvalue weighted by Gasteiger charge is 2.04. The third kappa shape index (κ3) is 3.10. The van der Waals surface area contributed by atoms with Crippen LogP contribution in [0.1, 0.15) is 5.56 Å². The lowest BCUT2D eigenvalue weighted by atomic mass is 10.1. The Morgan fingerprint density at radius 1 is 1.47 bits per heavy atom. The van der Waals surface area contributed by atoms with Crippen LogP contribution in [0.15, 0.2) is 30.3 Å². The van der Waals surface area contributed by atoms with E-state index in [0.717, 1.165) is 10.9 Å². The molecule has 96 valence electrons. The van der Waals surface area contributed by atoms with Gasteiger partial charge in [-0.15, -0.1) is 0 Å². The Hall–Kier alpha value is -2.81. The minimum Gasteiger partial charge on any atom is -0.448 e. The zero-order valence-electron chi connectivity index (χ0n) is 10.1. The molecule has 1 amide bonds. The van der Waals surface area contributed by atoms with Crippen molar-refractivity contribution in [1.29, 1.82) is 5.26 Å². The molecule has 0 fully saturated rings. The number of benzene rings is 1. The summed E-state index contributed by atoms with van der Waals surface area (Å²) in [6.07, 6.45) is -0.814. The number of nitrogens with zero attached hydrogens (tertiary/aromatic N) is 2. The number of anilines is 1. The maximum atomic E-state index is 10.4. The van der Waals surface area contributed by atoms with Crippen LogP contribution in [-0.2, 0) is 4.74 Å². The molecular formula is C13H12N4O2. The zero-order valence-corrected chi connectivity index (χ0v) is 10.1. The Kier molecular flexibility index (Phi) is 3.78. The lowest BCUT2D eigenvalue weighted by Crippen LogP contribution is -2.18. The minimum absolute atomic E-state index is 0.145. The molecule has 0 aliphatic rings. The fraction of sp³-hybridized carbons (Fsp3) is 0.154. The van der Waals surface area contributed by atoms with Crippen LogP contribution in [0, 0.1) is 11.3 Å². The lowest BCUT2D eigenvalue weighted by Gasteiger charge is -2.07. The summed E-state index contributed by atoms with van der Waals surface area (Å²) in [5.74, 6) is 0.559. The number of amides is 1. The van der Waals surface area contributed by atoms with E-state index < -0.39 is 6.09 Å². The minimum atomic E-state index is -0.814. The van der Waals surface area contributed by atoms with Crippen molar-refractivity contribution in [3.8, 4) is 6.07 Å². The number of nitrogens with one attached hydrogen (secondary N) is 1. The second kappa shape index (κ2) is 5.69. The Bertz CT molecular complexity index is 649. The SMILES string of the molecule is N#Cc1cc(NCCOC(N)=O)nc2ccccc12. The van der Waals surface area contributed by atoms with Gasteiger partial charge in [0.2, 0.25) is 0 Å². The normalized spacial score (nSPS) is 9.84. The molecule has 0 unspecified atom stereocenters. The van der Waals surface area contributed by atoms with Crippen LogP contribution in [0.5, 0.6) is 0 Å². The standard InChI is InChI=1S/C13H12N4O2/c14-8-9-7-12(16-5-6-19-13(15)18)17-11-4-2-1-3-10(9)11/h1-4,7H,5-6H2,(H2,15,18)(H,16,17). The fourth-order valence-corrected chi connectivity index (χ4v) is 1.69. The number of pyridine rings is 1. The number of para-hydroxylation sites is 1. The van der Waals surface area contributed by atoms with Gasteiger partial charge in [-0.25, -0.2) is 9.78 Å². The molecule has 1 aromatic heterocycles. The zero-order chi connectivity index (χ0) is 13.7. The third-order valence-corrected chi connectivity index (χ3v) is 2.49. The van der Waals surface area contributed by atoms with E-state index >= 15 is 0 Å². The van der Waals surface area contributed by atoms with Gasteiger partial charge >= 0.3 is 6.09 Å². The molecule has 1 aromatic carbocycles. The molecule has 0 radical (unpaired) electrons.